The molecule has 0 aromatic heterocycles. The molecule has 4 nitrogen and oxygen atoms in total. The molecule has 3 N–H and O–H groups in total. The van der Waals surface area contributed by atoms with Crippen LogP contribution in [0, 0.1) is 0 Å². The molecular weight excluding hydrogens is 194 g/mol. The summed E-state index contributed by atoms with van der Waals surface area (Å²) in [4.78, 5) is 0. The summed E-state index contributed by atoms with van der Waals surface area (Å²) < 4.78 is 11.1. The fourth-order valence-corrected chi connectivity index (χ4v) is 1.67. The van der Waals surface area contributed by atoms with Crippen LogP contribution in [-0.2, 0) is 6.42 Å². The van der Waals surface area contributed by atoms with E-state index in [1.807, 2.05) is 0 Å². The van der Waals surface area contributed by atoms with Crippen molar-refractivity contribution in [2.45, 2.75) is 12.8 Å². The maximum absolute atomic E-state index is 9.70. The van der Waals surface area contributed by atoms with Crippen molar-refractivity contribution in [1.29, 1.82) is 0 Å². The Kier molecular flexibility index (Phi) is 2.97. The van der Waals surface area contributed by atoms with Crippen LogP contribution in [0.3, 0.4) is 0 Å². The fourth-order valence-electron chi connectivity index (χ4n) is 1.67. The van der Waals surface area contributed by atoms with Gasteiger partial charge in [0.15, 0.2) is 11.5 Å². The van der Waals surface area contributed by atoms with Crippen LogP contribution in [0.5, 0.6) is 17.2 Å². The Morgan fingerprint density at radius 2 is 2.07 bits per heavy atom. The molecule has 0 amide bonds. The average Bonchev–Trinajstić information content (AvgIpc) is 2.47. The smallest absolute Gasteiger partial charge is 0.168 e. The van der Waals surface area contributed by atoms with Gasteiger partial charge in [-0.25, -0.2) is 0 Å². The Bertz CT molecular complexity index is 352. The molecule has 1 aliphatic heterocycles. The zero-order valence-corrected chi connectivity index (χ0v) is 8.53. The van der Waals surface area contributed by atoms with Gasteiger partial charge in [0.2, 0.25) is 0 Å². The predicted octanol–water partition coefficient (Wildman–Crippen LogP) is 1.05. The molecule has 4 heteroatoms. The lowest BCUT2D eigenvalue weighted by atomic mass is 10.1. The number of benzene rings is 1. The molecular formula is C11H15NO3. The van der Waals surface area contributed by atoms with Crippen LogP contribution in [0.2, 0.25) is 0 Å². The largest absolute Gasteiger partial charge is 0.508 e. The van der Waals surface area contributed by atoms with E-state index < -0.39 is 0 Å². The number of phenolic OH excluding ortho intramolecular Hbond substituents is 1. The van der Waals surface area contributed by atoms with Gasteiger partial charge in [-0.2, -0.15) is 0 Å². The first kappa shape index (κ1) is 10.1. The summed E-state index contributed by atoms with van der Waals surface area (Å²) in [7, 11) is 0. The molecule has 0 atom stereocenters. The number of hydrogen-bond donors (Lipinski definition) is 2. The Balaban J connectivity index is 2.42. The zero-order valence-electron chi connectivity index (χ0n) is 8.53. The van der Waals surface area contributed by atoms with Crippen LogP contribution in [0.1, 0.15) is 12.0 Å². The molecule has 0 spiro atoms. The van der Waals surface area contributed by atoms with Gasteiger partial charge in [-0.3, -0.25) is 0 Å². The predicted molar refractivity (Wildman–Crippen MR) is 56.5 cm³/mol. The molecule has 0 bridgehead atoms. The Hall–Kier alpha value is -1.42. The molecule has 15 heavy (non-hydrogen) atoms. The van der Waals surface area contributed by atoms with Crippen LogP contribution >= 0.6 is 0 Å². The SMILES string of the molecule is NCCc1c(O)ccc2c1OCCCO2. The van der Waals surface area contributed by atoms with Crippen molar-refractivity contribution in [2.75, 3.05) is 19.8 Å². The highest BCUT2D eigenvalue weighted by Crippen LogP contribution is 2.38. The van der Waals surface area contributed by atoms with E-state index in [2.05, 4.69) is 0 Å². The maximum Gasteiger partial charge on any atom is 0.168 e. The van der Waals surface area contributed by atoms with Crippen LogP contribution in [0.15, 0.2) is 12.1 Å². The summed E-state index contributed by atoms with van der Waals surface area (Å²) >= 11 is 0. The maximum atomic E-state index is 9.70. The summed E-state index contributed by atoms with van der Waals surface area (Å²) in [6, 6.07) is 3.36. The van der Waals surface area contributed by atoms with E-state index >= 15 is 0 Å². The topological polar surface area (TPSA) is 64.7 Å². The van der Waals surface area contributed by atoms with Crippen molar-refractivity contribution in [1.82, 2.24) is 0 Å². The summed E-state index contributed by atoms with van der Waals surface area (Å²) in [5.41, 5.74) is 6.24. The molecule has 82 valence electrons. The van der Waals surface area contributed by atoms with Gasteiger partial charge < -0.3 is 20.3 Å². The molecule has 0 fully saturated rings. The average molecular weight is 209 g/mol. The van der Waals surface area contributed by atoms with Gasteiger partial charge in [0.05, 0.1) is 13.2 Å². The van der Waals surface area contributed by atoms with E-state index in [0.29, 0.717) is 37.7 Å². The van der Waals surface area contributed by atoms with E-state index in [1.54, 1.807) is 12.1 Å². The number of phenols is 1. The van der Waals surface area contributed by atoms with Gasteiger partial charge in [0.1, 0.15) is 5.75 Å². The van der Waals surface area contributed by atoms with Crippen molar-refractivity contribution in [2.24, 2.45) is 5.73 Å². The fraction of sp³-hybridized carbons (Fsp3) is 0.455. The van der Waals surface area contributed by atoms with E-state index in [0.717, 1.165) is 12.0 Å². The molecule has 0 aliphatic carbocycles. The molecule has 0 unspecified atom stereocenters. The van der Waals surface area contributed by atoms with Crippen LogP contribution in [0.4, 0.5) is 0 Å². The highest BCUT2D eigenvalue weighted by molar-refractivity contribution is 5.53. The Morgan fingerprint density at radius 3 is 2.87 bits per heavy atom. The summed E-state index contributed by atoms with van der Waals surface area (Å²) in [5.74, 6) is 1.58. The van der Waals surface area contributed by atoms with E-state index in [-0.39, 0.29) is 5.75 Å². The van der Waals surface area contributed by atoms with Crippen molar-refractivity contribution in [3.8, 4) is 17.2 Å². The lowest BCUT2D eigenvalue weighted by molar-refractivity contribution is 0.295. The third-order valence-electron chi connectivity index (χ3n) is 2.39. The first-order chi connectivity index (χ1) is 7.33. The Labute approximate surface area is 88.6 Å². The van der Waals surface area contributed by atoms with E-state index in [1.165, 1.54) is 0 Å². The van der Waals surface area contributed by atoms with Gasteiger partial charge in [0, 0.05) is 12.0 Å². The zero-order chi connectivity index (χ0) is 10.7. The van der Waals surface area contributed by atoms with Gasteiger partial charge in [-0.15, -0.1) is 0 Å². The Morgan fingerprint density at radius 1 is 1.27 bits per heavy atom. The highest BCUT2D eigenvalue weighted by atomic mass is 16.5. The van der Waals surface area contributed by atoms with Crippen LogP contribution in [-0.4, -0.2) is 24.9 Å². The van der Waals surface area contributed by atoms with Crippen LogP contribution in [0.25, 0.3) is 0 Å². The molecule has 0 saturated carbocycles. The minimum absolute atomic E-state index is 0.227. The number of nitrogens with two attached hydrogens (primary N) is 1. The molecule has 0 radical (unpaired) electrons. The minimum atomic E-state index is 0.227. The third kappa shape index (κ3) is 1.99. The number of aromatic hydroxyl groups is 1. The van der Waals surface area contributed by atoms with Gasteiger partial charge in [0.25, 0.3) is 0 Å². The third-order valence-corrected chi connectivity index (χ3v) is 2.39. The van der Waals surface area contributed by atoms with Crippen molar-refractivity contribution < 1.29 is 14.6 Å². The van der Waals surface area contributed by atoms with Crippen molar-refractivity contribution in [3.05, 3.63) is 17.7 Å². The molecule has 2 rings (SSSR count). The summed E-state index contributed by atoms with van der Waals surface area (Å²) in [6.07, 6.45) is 1.45. The monoisotopic (exact) mass is 209 g/mol. The van der Waals surface area contributed by atoms with Crippen molar-refractivity contribution in [3.63, 3.8) is 0 Å². The number of fused-ring (bicyclic) bond motifs is 1. The second-order valence-corrected chi connectivity index (χ2v) is 3.48. The molecule has 1 aromatic rings. The van der Waals surface area contributed by atoms with E-state index in [9.17, 15) is 5.11 Å². The van der Waals surface area contributed by atoms with E-state index in [4.69, 9.17) is 15.2 Å². The normalized spacial score (nSPS) is 14.7. The molecule has 1 aromatic carbocycles. The lowest BCUT2D eigenvalue weighted by Crippen LogP contribution is -2.05. The molecule has 1 heterocycles. The standard InChI is InChI=1S/C11H15NO3/c12-5-4-8-9(13)2-3-10-11(8)15-7-1-6-14-10/h2-3,13H,1,4-7,12H2. The first-order valence-corrected chi connectivity index (χ1v) is 5.13. The lowest BCUT2D eigenvalue weighted by Gasteiger charge is -2.13. The number of rotatable bonds is 2. The second-order valence-electron chi connectivity index (χ2n) is 3.48. The molecule has 0 saturated heterocycles. The molecule has 1 aliphatic rings. The number of hydrogen-bond acceptors (Lipinski definition) is 4. The quantitative estimate of drug-likeness (QED) is 0.764. The summed E-state index contributed by atoms with van der Waals surface area (Å²) in [5, 5.41) is 9.70. The minimum Gasteiger partial charge on any atom is -0.508 e. The van der Waals surface area contributed by atoms with Gasteiger partial charge in [-0.05, 0) is 25.1 Å². The van der Waals surface area contributed by atoms with Gasteiger partial charge in [-0.1, -0.05) is 0 Å². The summed E-state index contributed by atoms with van der Waals surface area (Å²) in [6.45, 7) is 1.75. The second kappa shape index (κ2) is 4.40. The van der Waals surface area contributed by atoms with Gasteiger partial charge >= 0.3 is 0 Å². The van der Waals surface area contributed by atoms with Crippen LogP contribution < -0.4 is 15.2 Å². The number of ether oxygens (including phenoxy) is 2. The van der Waals surface area contributed by atoms with Crippen molar-refractivity contribution >= 4 is 0 Å². The first-order valence-electron chi connectivity index (χ1n) is 5.13. The highest BCUT2D eigenvalue weighted by Gasteiger charge is 2.17.